The fraction of sp³-hybridized carbons (Fsp3) is 1.00. The molecule has 0 aromatic heterocycles. The van der Waals surface area contributed by atoms with Gasteiger partial charge in [-0.05, 0) is 25.9 Å². The average molecular weight is 272 g/mol. The normalized spacial score (nSPS) is 14.2. The van der Waals surface area contributed by atoms with Crippen LogP contribution in [0.25, 0.3) is 0 Å². The summed E-state index contributed by atoms with van der Waals surface area (Å²) in [6, 6.07) is 4.36. The molecule has 110 valence electrons. The lowest BCUT2D eigenvalue weighted by Crippen LogP contribution is -2.54. The molecule has 0 aliphatic heterocycles. The second-order valence-corrected chi connectivity index (χ2v) is 11.5. The summed E-state index contributed by atoms with van der Waals surface area (Å²) in [5.41, 5.74) is 0.871. The lowest BCUT2D eigenvalue weighted by Gasteiger charge is -2.42. The second-order valence-electron chi connectivity index (χ2n) is 5.84. The molecule has 0 saturated carbocycles. The Morgan fingerprint density at radius 1 is 0.778 bits per heavy atom. The third-order valence-corrected chi connectivity index (χ3v) is 11.5. The van der Waals surface area contributed by atoms with Crippen LogP contribution in [0.1, 0.15) is 67.2 Å². The summed E-state index contributed by atoms with van der Waals surface area (Å²) < 4.78 is 0. The molecule has 0 fully saturated rings. The number of unbranched alkanes of at least 4 members (excludes halogenated alkanes) is 2. The van der Waals surface area contributed by atoms with E-state index in [4.69, 9.17) is 0 Å². The molecule has 0 radical (unpaired) electrons. The molecule has 1 nitrogen and oxygen atoms in total. The first-order chi connectivity index (χ1) is 8.61. The van der Waals surface area contributed by atoms with E-state index in [1.807, 2.05) is 0 Å². The maximum absolute atomic E-state index is 2.83. The lowest BCUT2D eigenvalue weighted by atomic mass is 10.2. The molecule has 0 spiro atoms. The summed E-state index contributed by atoms with van der Waals surface area (Å²) in [5.74, 6) is 0. The van der Waals surface area contributed by atoms with Gasteiger partial charge in [0.25, 0.3) is 0 Å². The SMILES string of the molecule is CCCCN(CCCC)C(C)[Si](CC)(CC)CC. The zero-order valence-electron chi connectivity index (χ0n) is 13.9. The van der Waals surface area contributed by atoms with Crippen LogP contribution in [-0.4, -0.2) is 31.7 Å². The van der Waals surface area contributed by atoms with Gasteiger partial charge >= 0.3 is 0 Å². The van der Waals surface area contributed by atoms with Crippen molar-refractivity contribution in [2.45, 2.75) is 91.0 Å². The van der Waals surface area contributed by atoms with Crippen molar-refractivity contribution in [1.29, 1.82) is 0 Å². The number of hydrogen-bond donors (Lipinski definition) is 0. The molecule has 0 rings (SSSR count). The maximum atomic E-state index is 2.83. The van der Waals surface area contributed by atoms with Gasteiger partial charge in [0.2, 0.25) is 0 Å². The summed E-state index contributed by atoms with van der Waals surface area (Å²) in [6.45, 7) is 17.1. The van der Waals surface area contributed by atoms with Gasteiger partial charge in [0.15, 0.2) is 0 Å². The van der Waals surface area contributed by atoms with Gasteiger partial charge in [0.1, 0.15) is 0 Å². The predicted molar refractivity (Wildman–Crippen MR) is 88.0 cm³/mol. The van der Waals surface area contributed by atoms with E-state index in [2.05, 4.69) is 46.4 Å². The lowest BCUT2D eigenvalue weighted by molar-refractivity contribution is 0.244. The van der Waals surface area contributed by atoms with Crippen molar-refractivity contribution < 1.29 is 0 Å². The Bertz CT molecular complexity index is 173. The number of rotatable bonds is 11. The molecule has 0 aliphatic rings. The second kappa shape index (κ2) is 10.0. The zero-order chi connectivity index (χ0) is 14.0. The fourth-order valence-corrected chi connectivity index (χ4v) is 7.55. The minimum absolute atomic E-state index is 0.871. The average Bonchev–Trinajstić information content (AvgIpc) is 2.41. The summed E-state index contributed by atoms with van der Waals surface area (Å²) in [6.07, 6.45) is 5.40. The molecule has 0 aliphatic carbocycles. The van der Waals surface area contributed by atoms with Gasteiger partial charge in [-0.15, -0.1) is 0 Å². The third-order valence-electron chi connectivity index (χ3n) is 5.14. The molecule has 0 bridgehead atoms. The molecular weight excluding hydrogens is 234 g/mol. The minimum Gasteiger partial charge on any atom is -0.303 e. The Labute approximate surface area is 117 Å². The highest BCUT2D eigenvalue weighted by Crippen LogP contribution is 2.28. The molecule has 0 aromatic carbocycles. The van der Waals surface area contributed by atoms with Crippen LogP contribution in [0, 0.1) is 0 Å². The van der Waals surface area contributed by atoms with E-state index in [0.717, 1.165) is 5.67 Å². The molecule has 0 N–H and O–H groups in total. The molecule has 0 saturated heterocycles. The summed E-state index contributed by atoms with van der Waals surface area (Å²) >= 11 is 0. The van der Waals surface area contributed by atoms with Gasteiger partial charge in [-0.3, -0.25) is 0 Å². The van der Waals surface area contributed by atoms with E-state index >= 15 is 0 Å². The Morgan fingerprint density at radius 3 is 1.44 bits per heavy atom. The maximum Gasteiger partial charge on any atom is 0.0718 e. The van der Waals surface area contributed by atoms with Crippen molar-refractivity contribution in [2.24, 2.45) is 0 Å². The molecule has 1 unspecified atom stereocenters. The van der Waals surface area contributed by atoms with Gasteiger partial charge in [-0.25, -0.2) is 0 Å². The first kappa shape index (κ1) is 18.2. The van der Waals surface area contributed by atoms with Crippen molar-refractivity contribution in [3.05, 3.63) is 0 Å². The monoisotopic (exact) mass is 271 g/mol. The fourth-order valence-electron chi connectivity index (χ4n) is 3.25. The van der Waals surface area contributed by atoms with Crippen molar-refractivity contribution >= 4 is 8.07 Å². The van der Waals surface area contributed by atoms with Crippen molar-refractivity contribution in [1.82, 2.24) is 4.90 Å². The highest BCUT2D eigenvalue weighted by molar-refractivity contribution is 6.81. The van der Waals surface area contributed by atoms with Gasteiger partial charge < -0.3 is 4.90 Å². The first-order valence-corrected chi connectivity index (χ1v) is 11.1. The Kier molecular flexibility index (Phi) is 10.1. The summed E-state index contributed by atoms with van der Waals surface area (Å²) in [7, 11) is -1.06. The van der Waals surface area contributed by atoms with E-state index in [1.54, 1.807) is 0 Å². The minimum atomic E-state index is -1.06. The van der Waals surface area contributed by atoms with E-state index in [0.29, 0.717) is 0 Å². The van der Waals surface area contributed by atoms with Gasteiger partial charge in [0, 0.05) is 5.67 Å². The smallest absolute Gasteiger partial charge is 0.0718 e. The highest BCUT2D eigenvalue weighted by atomic mass is 28.3. The van der Waals surface area contributed by atoms with E-state index in [9.17, 15) is 0 Å². The Balaban J connectivity index is 4.71. The molecule has 0 heterocycles. The van der Waals surface area contributed by atoms with Crippen LogP contribution < -0.4 is 0 Å². The van der Waals surface area contributed by atoms with Crippen LogP contribution in [0.4, 0.5) is 0 Å². The van der Waals surface area contributed by atoms with Crippen LogP contribution in [0.5, 0.6) is 0 Å². The first-order valence-electron chi connectivity index (χ1n) is 8.35. The molecule has 18 heavy (non-hydrogen) atoms. The summed E-state index contributed by atoms with van der Waals surface area (Å²) in [5, 5.41) is 0. The number of hydrogen-bond acceptors (Lipinski definition) is 1. The van der Waals surface area contributed by atoms with Crippen molar-refractivity contribution in [3.63, 3.8) is 0 Å². The van der Waals surface area contributed by atoms with Gasteiger partial charge in [-0.1, -0.05) is 72.5 Å². The molecule has 2 heteroatoms. The third kappa shape index (κ3) is 5.04. The quantitative estimate of drug-likeness (QED) is 0.459. The van der Waals surface area contributed by atoms with Crippen LogP contribution in [-0.2, 0) is 0 Å². The van der Waals surface area contributed by atoms with Crippen molar-refractivity contribution in [2.75, 3.05) is 13.1 Å². The topological polar surface area (TPSA) is 3.24 Å². The Hall–Kier alpha value is 0.177. The Morgan fingerprint density at radius 2 is 1.17 bits per heavy atom. The number of nitrogens with zero attached hydrogens (tertiary/aromatic N) is 1. The van der Waals surface area contributed by atoms with Crippen molar-refractivity contribution in [3.8, 4) is 0 Å². The predicted octanol–water partition coefficient (Wildman–Crippen LogP) is 5.32. The van der Waals surface area contributed by atoms with Crippen LogP contribution in [0.15, 0.2) is 0 Å². The van der Waals surface area contributed by atoms with Gasteiger partial charge in [0.05, 0.1) is 8.07 Å². The zero-order valence-corrected chi connectivity index (χ0v) is 14.9. The summed E-state index contributed by atoms with van der Waals surface area (Å²) in [4.78, 5) is 2.83. The molecule has 0 amide bonds. The highest BCUT2D eigenvalue weighted by Gasteiger charge is 2.36. The van der Waals surface area contributed by atoms with Gasteiger partial charge in [-0.2, -0.15) is 0 Å². The molecular formula is C16H37NSi. The van der Waals surface area contributed by atoms with E-state index < -0.39 is 8.07 Å². The largest absolute Gasteiger partial charge is 0.303 e. The van der Waals surface area contributed by atoms with Crippen LogP contribution in [0.3, 0.4) is 0 Å². The molecule has 1 atom stereocenters. The van der Waals surface area contributed by atoms with E-state index in [1.165, 1.54) is 56.9 Å². The van der Waals surface area contributed by atoms with Crippen LogP contribution >= 0.6 is 0 Å². The standard InChI is InChI=1S/C16H37NSi/c1-7-12-14-17(15-13-8-2)16(6)18(9-3,10-4)11-5/h16H,7-15H2,1-6H3. The molecule has 0 aromatic rings. The van der Waals surface area contributed by atoms with E-state index in [-0.39, 0.29) is 0 Å². The van der Waals surface area contributed by atoms with Crippen LogP contribution in [0.2, 0.25) is 18.1 Å².